The summed E-state index contributed by atoms with van der Waals surface area (Å²) in [6.07, 6.45) is 2.31. The van der Waals surface area contributed by atoms with Crippen molar-refractivity contribution in [2.45, 2.75) is 19.3 Å². The van der Waals surface area contributed by atoms with Crippen LogP contribution in [0.3, 0.4) is 0 Å². The number of thiophene rings is 1. The summed E-state index contributed by atoms with van der Waals surface area (Å²) < 4.78 is 0. The van der Waals surface area contributed by atoms with Crippen LogP contribution in [0.4, 0.5) is 5.95 Å². The summed E-state index contributed by atoms with van der Waals surface area (Å²) in [5.74, 6) is 0.521. The number of H-pyrrole nitrogens is 1. The van der Waals surface area contributed by atoms with Crippen molar-refractivity contribution in [2.24, 2.45) is 0 Å². The first-order valence-electron chi connectivity index (χ1n) is 6.58. The molecule has 20 heavy (non-hydrogen) atoms. The monoisotopic (exact) mass is 285 g/mol. The van der Waals surface area contributed by atoms with Crippen LogP contribution in [-0.2, 0) is 11.2 Å². The van der Waals surface area contributed by atoms with Gasteiger partial charge in [-0.3, -0.25) is 10.1 Å². The molecule has 2 aromatic heterocycles. The van der Waals surface area contributed by atoms with Crippen molar-refractivity contribution in [1.82, 2.24) is 9.97 Å². The fraction of sp³-hybridized carbons (Fsp3) is 0.200. The number of imidazole rings is 1. The molecule has 0 saturated heterocycles. The number of carbonyl (C=O) groups is 1. The van der Waals surface area contributed by atoms with Gasteiger partial charge < -0.3 is 4.98 Å². The number of aryl methyl sites for hydroxylation is 1. The lowest BCUT2D eigenvalue weighted by atomic mass is 10.2. The van der Waals surface area contributed by atoms with Crippen LogP contribution in [-0.4, -0.2) is 15.9 Å². The van der Waals surface area contributed by atoms with Crippen LogP contribution >= 0.6 is 11.3 Å². The van der Waals surface area contributed by atoms with E-state index in [0.717, 1.165) is 23.9 Å². The molecule has 102 valence electrons. The quantitative estimate of drug-likeness (QED) is 0.752. The Balaban J connectivity index is 1.53. The molecule has 0 aliphatic rings. The van der Waals surface area contributed by atoms with Crippen LogP contribution in [0.1, 0.15) is 17.7 Å². The van der Waals surface area contributed by atoms with Gasteiger partial charge in [0.1, 0.15) is 0 Å². The predicted octanol–water partition coefficient (Wildman–Crippen LogP) is 3.59. The molecule has 0 spiro atoms. The first-order chi connectivity index (χ1) is 9.81. The number of aromatic nitrogens is 2. The molecule has 1 aromatic carbocycles. The zero-order valence-corrected chi connectivity index (χ0v) is 11.7. The highest BCUT2D eigenvalue weighted by Crippen LogP contribution is 2.14. The van der Waals surface area contributed by atoms with E-state index in [0.29, 0.717) is 12.4 Å². The van der Waals surface area contributed by atoms with E-state index in [1.807, 2.05) is 30.3 Å². The molecule has 0 fully saturated rings. The average molecular weight is 285 g/mol. The van der Waals surface area contributed by atoms with Crippen molar-refractivity contribution in [3.05, 3.63) is 46.7 Å². The number of aromatic amines is 1. The van der Waals surface area contributed by atoms with Crippen LogP contribution in [0.25, 0.3) is 11.0 Å². The SMILES string of the molecule is O=C(CCCc1cccs1)Nc1nc2ccccc2[nH]1. The molecular weight excluding hydrogens is 270 g/mol. The minimum Gasteiger partial charge on any atom is -0.324 e. The van der Waals surface area contributed by atoms with Gasteiger partial charge in [-0.1, -0.05) is 18.2 Å². The summed E-state index contributed by atoms with van der Waals surface area (Å²) in [7, 11) is 0. The first kappa shape index (κ1) is 12.9. The molecule has 0 unspecified atom stereocenters. The van der Waals surface area contributed by atoms with Crippen LogP contribution in [0.2, 0.25) is 0 Å². The molecule has 0 saturated carbocycles. The first-order valence-corrected chi connectivity index (χ1v) is 7.46. The molecule has 2 N–H and O–H groups in total. The van der Waals surface area contributed by atoms with E-state index in [4.69, 9.17) is 0 Å². The zero-order valence-electron chi connectivity index (χ0n) is 10.9. The molecule has 3 aromatic rings. The molecule has 0 atom stereocenters. The van der Waals surface area contributed by atoms with Gasteiger partial charge in [-0.2, -0.15) is 0 Å². The number of hydrogen-bond acceptors (Lipinski definition) is 3. The standard InChI is InChI=1S/C15H15N3OS/c19-14(9-3-5-11-6-4-10-20-11)18-15-16-12-7-1-2-8-13(12)17-15/h1-2,4,6-8,10H,3,5,9H2,(H2,16,17,18,19). The highest BCUT2D eigenvalue weighted by molar-refractivity contribution is 7.09. The van der Waals surface area contributed by atoms with E-state index < -0.39 is 0 Å². The van der Waals surface area contributed by atoms with Gasteiger partial charge in [0, 0.05) is 11.3 Å². The average Bonchev–Trinajstić information content (AvgIpc) is 3.06. The lowest BCUT2D eigenvalue weighted by molar-refractivity contribution is -0.116. The number of anilines is 1. The van der Waals surface area contributed by atoms with E-state index >= 15 is 0 Å². The number of nitrogens with zero attached hydrogens (tertiary/aromatic N) is 1. The molecule has 1 amide bonds. The second-order valence-corrected chi connectivity index (χ2v) is 5.62. The lowest BCUT2D eigenvalue weighted by Crippen LogP contribution is -2.12. The summed E-state index contributed by atoms with van der Waals surface area (Å²) in [6, 6.07) is 11.9. The molecule has 3 rings (SSSR count). The van der Waals surface area contributed by atoms with E-state index in [1.165, 1.54) is 4.88 Å². The summed E-state index contributed by atoms with van der Waals surface area (Å²) in [5, 5.41) is 4.87. The normalized spacial score (nSPS) is 10.8. The number of carbonyl (C=O) groups excluding carboxylic acids is 1. The Kier molecular flexibility index (Phi) is 3.78. The number of nitrogens with one attached hydrogen (secondary N) is 2. The summed E-state index contributed by atoms with van der Waals surface area (Å²) in [6.45, 7) is 0. The molecule has 2 heterocycles. The molecule has 4 nitrogen and oxygen atoms in total. The Hall–Kier alpha value is -2.14. The van der Waals surface area contributed by atoms with Crippen molar-refractivity contribution in [2.75, 3.05) is 5.32 Å². The minimum atomic E-state index is 0.000567. The largest absolute Gasteiger partial charge is 0.324 e. The van der Waals surface area contributed by atoms with Crippen molar-refractivity contribution in [3.8, 4) is 0 Å². The second kappa shape index (κ2) is 5.88. The molecular formula is C15H15N3OS. The van der Waals surface area contributed by atoms with Crippen LogP contribution in [0.15, 0.2) is 41.8 Å². The zero-order chi connectivity index (χ0) is 13.8. The highest BCUT2D eigenvalue weighted by atomic mass is 32.1. The minimum absolute atomic E-state index is 0.000567. The smallest absolute Gasteiger partial charge is 0.226 e. The number of hydrogen-bond donors (Lipinski definition) is 2. The molecule has 5 heteroatoms. The molecule has 0 aliphatic heterocycles. The van der Waals surface area contributed by atoms with E-state index in [-0.39, 0.29) is 5.91 Å². The van der Waals surface area contributed by atoms with Crippen molar-refractivity contribution in [1.29, 1.82) is 0 Å². The molecule has 0 aliphatic carbocycles. The molecule has 0 bridgehead atoms. The third-order valence-electron chi connectivity index (χ3n) is 3.05. The van der Waals surface area contributed by atoms with Gasteiger partial charge in [0.15, 0.2) is 0 Å². The Bertz CT molecular complexity index is 670. The van der Waals surface area contributed by atoms with Gasteiger partial charge in [0.2, 0.25) is 11.9 Å². The molecule has 0 radical (unpaired) electrons. The Morgan fingerprint density at radius 3 is 2.95 bits per heavy atom. The van der Waals surface area contributed by atoms with Crippen LogP contribution in [0, 0.1) is 0 Å². The third-order valence-corrected chi connectivity index (χ3v) is 3.99. The van der Waals surface area contributed by atoms with Crippen LogP contribution < -0.4 is 5.32 Å². The van der Waals surface area contributed by atoms with E-state index in [1.54, 1.807) is 11.3 Å². The van der Waals surface area contributed by atoms with Gasteiger partial charge >= 0.3 is 0 Å². The van der Waals surface area contributed by atoms with Crippen molar-refractivity contribution in [3.63, 3.8) is 0 Å². The fourth-order valence-electron chi connectivity index (χ4n) is 2.08. The van der Waals surface area contributed by atoms with E-state index in [9.17, 15) is 4.79 Å². The Labute approximate surface area is 120 Å². The number of amides is 1. The summed E-state index contributed by atoms with van der Waals surface area (Å²) in [5.41, 5.74) is 1.79. The fourth-order valence-corrected chi connectivity index (χ4v) is 2.84. The number of benzene rings is 1. The van der Waals surface area contributed by atoms with Crippen molar-refractivity contribution >= 4 is 34.2 Å². The van der Waals surface area contributed by atoms with E-state index in [2.05, 4.69) is 26.7 Å². The van der Waals surface area contributed by atoms with Gasteiger partial charge in [-0.15, -0.1) is 11.3 Å². The number of para-hydroxylation sites is 2. The summed E-state index contributed by atoms with van der Waals surface area (Å²) in [4.78, 5) is 20.6. The summed E-state index contributed by atoms with van der Waals surface area (Å²) >= 11 is 1.73. The lowest BCUT2D eigenvalue weighted by Gasteiger charge is -2.01. The van der Waals surface area contributed by atoms with Gasteiger partial charge in [-0.05, 0) is 36.4 Å². The maximum absolute atomic E-state index is 11.9. The van der Waals surface area contributed by atoms with Gasteiger partial charge in [-0.25, -0.2) is 4.98 Å². The van der Waals surface area contributed by atoms with Gasteiger partial charge in [0.05, 0.1) is 11.0 Å². The van der Waals surface area contributed by atoms with Crippen molar-refractivity contribution < 1.29 is 4.79 Å². The highest BCUT2D eigenvalue weighted by Gasteiger charge is 2.06. The maximum Gasteiger partial charge on any atom is 0.226 e. The predicted molar refractivity (Wildman–Crippen MR) is 82.0 cm³/mol. The number of rotatable bonds is 5. The maximum atomic E-state index is 11.9. The Morgan fingerprint density at radius 2 is 2.15 bits per heavy atom. The topological polar surface area (TPSA) is 57.8 Å². The Morgan fingerprint density at radius 1 is 1.25 bits per heavy atom. The van der Waals surface area contributed by atoms with Crippen LogP contribution in [0.5, 0.6) is 0 Å². The third kappa shape index (κ3) is 3.05. The number of fused-ring (bicyclic) bond motifs is 1. The van der Waals surface area contributed by atoms with Gasteiger partial charge in [0.25, 0.3) is 0 Å². The second-order valence-electron chi connectivity index (χ2n) is 4.58.